The first-order valence-electron chi connectivity index (χ1n) is 6.85. The summed E-state index contributed by atoms with van der Waals surface area (Å²) < 4.78 is 5.26. The van der Waals surface area contributed by atoms with Crippen molar-refractivity contribution in [2.45, 2.75) is 19.1 Å². The quantitative estimate of drug-likeness (QED) is 0.906. The van der Waals surface area contributed by atoms with E-state index in [1.54, 1.807) is 0 Å². The monoisotopic (exact) mass is 278 g/mol. The number of rotatable bonds is 4. The minimum Gasteiger partial charge on any atom is -0.479 e. The molecule has 1 aliphatic heterocycles. The van der Waals surface area contributed by atoms with Gasteiger partial charge in [0.25, 0.3) is 0 Å². The second-order valence-electron chi connectivity index (χ2n) is 5.35. The number of carbonyl (C=O) groups is 1. The summed E-state index contributed by atoms with van der Waals surface area (Å²) in [5.74, 6) is -0.884. The maximum Gasteiger partial charge on any atom is 0.334 e. The van der Waals surface area contributed by atoms with Gasteiger partial charge in [0.05, 0.1) is 6.61 Å². The van der Waals surface area contributed by atoms with E-state index in [2.05, 4.69) is 41.0 Å². The van der Waals surface area contributed by atoms with Gasteiger partial charge in [-0.3, -0.25) is 4.90 Å². The maximum absolute atomic E-state index is 11.0. The zero-order valence-corrected chi connectivity index (χ0v) is 12.2. The molecule has 0 saturated carbocycles. The van der Waals surface area contributed by atoms with E-state index in [0.717, 1.165) is 12.2 Å². The lowest BCUT2D eigenvalue weighted by atomic mass is 10.1. The van der Waals surface area contributed by atoms with E-state index >= 15 is 0 Å². The third kappa shape index (κ3) is 3.29. The average molecular weight is 278 g/mol. The highest BCUT2D eigenvalue weighted by Gasteiger charge is 2.29. The Kier molecular flexibility index (Phi) is 4.62. The van der Waals surface area contributed by atoms with E-state index in [9.17, 15) is 4.79 Å². The molecule has 5 heteroatoms. The lowest BCUT2D eigenvalue weighted by Crippen LogP contribution is -2.46. The molecule has 2 rings (SSSR count). The lowest BCUT2D eigenvalue weighted by Gasteiger charge is -2.35. The molecule has 20 heavy (non-hydrogen) atoms. The molecule has 1 fully saturated rings. The summed E-state index contributed by atoms with van der Waals surface area (Å²) in [5, 5.41) is 9.05. The molecular formula is C15H22N2O3. The minimum atomic E-state index is -0.884. The highest BCUT2D eigenvalue weighted by Crippen LogP contribution is 2.24. The first-order valence-corrected chi connectivity index (χ1v) is 6.85. The molecule has 1 aliphatic rings. The standard InChI is InChI=1S/C15H22N2O3/c1-11(12-4-6-13(7-5-12)16(2)3)17-8-9-20-14(10-17)15(18)19/h4-7,11,14H,8-10H2,1-3H3,(H,18,19). The number of ether oxygens (including phenoxy) is 1. The molecule has 2 unspecified atom stereocenters. The molecule has 0 aromatic heterocycles. The second kappa shape index (κ2) is 6.24. The molecule has 5 nitrogen and oxygen atoms in total. The Morgan fingerprint density at radius 1 is 1.40 bits per heavy atom. The Balaban J connectivity index is 2.06. The van der Waals surface area contributed by atoms with Crippen molar-refractivity contribution < 1.29 is 14.6 Å². The third-order valence-corrected chi connectivity index (χ3v) is 3.81. The summed E-state index contributed by atoms with van der Waals surface area (Å²) >= 11 is 0. The Morgan fingerprint density at radius 2 is 2.05 bits per heavy atom. The molecule has 0 spiro atoms. The highest BCUT2D eigenvalue weighted by atomic mass is 16.5. The molecule has 0 bridgehead atoms. The van der Waals surface area contributed by atoms with Crippen molar-refractivity contribution in [3.05, 3.63) is 29.8 Å². The van der Waals surface area contributed by atoms with Crippen molar-refractivity contribution in [3.63, 3.8) is 0 Å². The number of hydrogen-bond donors (Lipinski definition) is 1. The number of anilines is 1. The van der Waals surface area contributed by atoms with Crippen LogP contribution in [0.15, 0.2) is 24.3 Å². The summed E-state index contributed by atoms with van der Waals surface area (Å²) in [6.07, 6.45) is -0.716. The molecule has 0 radical (unpaired) electrons. The van der Waals surface area contributed by atoms with Crippen LogP contribution in [0.5, 0.6) is 0 Å². The Bertz CT molecular complexity index is 459. The fraction of sp³-hybridized carbons (Fsp3) is 0.533. The van der Waals surface area contributed by atoms with Gasteiger partial charge in [-0.1, -0.05) is 12.1 Å². The van der Waals surface area contributed by atoms with Crippen LogP contribution in [0.1, 0.15) is 18.5 Å². The third-order valence-electron chi connectivity index (χ3n) is 3.81. The predicted molar refractivity (Wildman–Crippen MR) is 78.1 cm³/mol. The van der Waals surface area contributed by atoms with Crippen LogP contribution < -0.4 is 4.90 Å². The largest absolute Gasteiger partial charge is 0.479 e. The topological polar surface area (TPSA) is 53.0 Å². The van der Waals surface area contributed by atoms with E-state index < -0.39 is 12.1 Å². The summed E-state index contributed by atoms with van der Waals surface area (Å²) in [7, 11) is 4.02. The summed E-state index contributed by atoms with van der Waals surface area (Å²) in [6, 6.07) is 8.57. The normalized spacial score (nSPS) is 21.4. The summed E-state index contributed by atoms with van der Waals surface area (Å²) in [6.45, 7) is 3.78. The van der Waals surface area contributed by atoms with Crippen LogP contribution in [0, 0.1) is 0 Å². The summed E-state index contributed by atoms with van der Waals surface area (Å²) in [5.41, 5.74) is 2.35. The van der Waals surface area contributed by atoms with E-state index in [0.29, 0.717) is 13.2 Å². The molecule has 1 saturated heterocycles. The zero-order chi connectivity index (χ0) is 14.7. The molecule has 1 heterocycles. The van der Waals surface area contributed by atoms with Crippen molar-refractivity contribution in [2.75, 3.05) is 38.7 Å². The smallest absolute Gasteiger partial charge is 0.334 e. The number of carboxylic acid groups (broad SMARTS) is 1. The first kappa shape index (κ1) is 14.8. The molecular weight excluding hydrogens is 256 g/mol. The van der Waals surface area contributed by atoms with Crippen LogP contribution in [-0.4, -0.2) is 55.9 Å². The van der Waals surface area contributed by atoms with Crippen molar-refractivity contribution in [2.24, 2.45) is 0 Å². The average Bonchev–Trinajstić information content (AvgIpc) is 2.46. The van der Waals surface area contributed by atoms with Crippen LogP contribution in [0.3, 0.4) is 0 Å². The van der Waals surface area contributed by atoms with Crippen molar-refractivity contribution >= 4 is 11.7 Å². The SMILES string of the molecule is CC(c1ccc(N(C)C)cc1)N1CCOC(C(=O)O)C1. The van der Waals surface area contributed by atoms with Gasteiger partial charge in [-0.25, -0.2) is 4.79 Å². The molecule has 0 aliphatic carbocycles. The van der Waals surface area contributed by atoms with E-state index in [4.69, 9.17) is 9.84 Å². The Labute approximate surface area is 119 Å². The number of aliphatic carboxylic acids is 1. The fourth-order valence-electron chi connectivity index (χ4n) is 2.43. The van der Waals surface area contributed by atoms with Crippen molar-refractivity contribution in [3.8, 4) is 0 Å². The second-order valence-corrected chi connectivity index (χ2v) is 5.35. The fourth-order valence-corrected chi connectivity index (χ4v) is 2.43. The van der Waals surface area contributed by atoms with Gasteiger partial charge in [0, 0.05) is 38.9 Å². The zero-order valence-electron chi connectivity index (χ0n) is 12.2. The Morgan fingerprint density at radius 3 is 2.60 bits per heavy atom. The predicted octanol–water partition coefficient (Wildman–Crippen LogP) is 1.60. The van der Waals surface area contributed by atoms with Crippen LogP contribution in [0.2, 0.25) is 0 Å². The van der Waals surface area contributed by atoms with Gasteiger partial charge < -0.3 is 14.7 Å². The maximum atomic E-state index is 11.0. The number of nitrogens with zero attached hydrogens (tertiary/aromatic N) is 2. The molecule has 110 valence electrons. The van der Waals surface area contributed by atoms with Crippen LogP contribution in [-0.2, 0) is 9.53 Å². The minimum absolute atomic E-state index is 0.192. The first-order chi connectivity index (χ1) is 9.49. The van der Waals surface area contributed by atoms with E-state index in [1.807, 2.05) is 14.1 Å². The van der Waals surface area contributed by atoms with Crippen molar-refractivity contribution in [1.82, 2.24) is 4.90 Å². The molecule has 1 aromatic carbocycles. The number of morpholine rings is 1. The lowest BCUT2D eigenvalue weighted by molar-refractivity contribution is -0.157. The van der Waals surface area contributed by atoms with Gasteiger partial charge in [0.1, 0.15) is 0 Å². The molecule has 0 amide bonds. The number of hydrogen-bond acceptors (Lipinski definition) is 4. The molecule has 1 aromatic rings. The van der Waals surface area contributed by atoms with Gasteiger partial charge in [0.2, 0.25) is 0 Å². The summed E-state index contributed by atoms with van der Waals surface area (Å²) in [4.78, 5) is 15.2. The van der Waals surface area contributed by atoms with E-state index in [-0.39, 0.29) is 6.04 Å². The molecule has 1 N–H and O–H groups in total. The van der Waals surface area contributed by atoms with Gasteiger partial charge in [-0.15, -0.1) is 0 Å². The van der Waals surface area contributed by atoms with Crippen LogP contribution in [0.4, 0.5) is 5.69 Å². The number of benzene rings is 1. The van der Waals surface area contributed by atoms with Gasteiger partial charge in [0.15, 0.2) is 6.10 Å². The van der Waals surface area contributed by atoms with Crippen LogP contribution >= 0.6 is 0 Å². The van der Waals surface area contributed by atoms with Crippen LogP contribution in [0.25, 0.3) is 0 Å². The molecule has 2 atom stereocenters. The van der Waals surface area contributed by atoms with E-state index in [1.165, 1.54) is 5.56 Å². The number of carboxylic acids is 1. The van der Waals surface area contributed by atoms with Crippen molar-refractivity contribution in [1.29, 1.82) is 0 Å². The van der Waals surface area contributed by atoms with Gasteiger partial charge >= 0.3 is 5.97 Å². The Hall–Kier alpha value is -1.59. The van der Waals surface area contributed by atoms with Gasteiger partial charge in [-0.2, -0.15) is 0 Å². The van der Waals surface area contributed by atoms with Gasteiger partial charge in [-0.05, 0) is 24.6 Å². The highest BCUT2D eigenvalue weighted by molar-refractivity contribution is 5.72.